The molecular weight excluding hydrogens is 300 g/mol. The molecule has 5 nitrogen and oxygen atoms in total. The summed E-state index contributed by atoms with van der Waals surface area (Å²) in [4.78, 5) is 4.94. The number of hydrogen-bond donors (Lipinski definition) is 0. The van der Waals surface area contributed by atoms with Crippen LogP contribution in [0.4, 0.5) is 0 Å². The van der Waals surface area contributed by atoms with Crippen LogP contribution in [0.2, 0.25) is 0 Å². The zero-order valence-corrected chi connectivity index (χ0v) is 14.2. The molecule has 2 aliphatic rings. The molecule has 2 aromatic rings. The summed E-state index contributed by atoms with van der Waals surface area (Å²) in [7, 11) is 0. The predicted octanol–water partition coefficient (Wildman–Crippen LogP) is 2.43. The van der Waals surface area contributed by atoms with E-state index in [2.05, 4.69) is 0 Å². The first-order valence-corrected chi connectivity index (χ1v) is 9.47. The van der Waals surface area contributed by atoms with E-state index in [-0.39, 0.29) is 11.9 Å². The minimum Gasteiger partial charge on any atom is -0.855 e. The Kier molecular flexibility index (Phi) is 4.50. The Bertz CT molecular complexity index is 771. The number of pyridine rings is 1. The molecule has 2 heterocycles. The second kappa shape index (κ2) is 6.91. The highest BCUT2D eigenvalue weighted by Gasteiger charge is 2.21. The van der Waals surface area contributed by atoms with Gasteiger partial charge < -0.3 is 9.67 Å². The van der Waals surface area contributed by atoms with Crippen molar-refractivity contribution in [1.82, 2.24) is 9.67 Å². The van der Waals surface area contributed by atoms with Gasteiger partial charge in [0.15, 0.2) is 0 Å². The minimum atomic E-state index is 0.0621. The summed E-state index contributed by atoms with van der Waals surface area (Å²) in [6, 6.07) is 6.25. The lowest BCUT2D eigenvalue weighted by Crippen LogP contribution is -2.43. The lowest BCUT2D eigenvalue weighted by Gasteiger charge is -2.28. The first-order chi connectivity index (χ1) is 11.8. The number of aromatic nitrogens is 3. The predicted molar refractivity (Wildman–Crippen MR) is 89.4 cm³/mol. The van der Waals surface area contributed by atoms with Gasteiger partial charge in [-0.25, -0.2) is 4.99 Å². The number of rotatable bonds is 2. The first kappa shape index (κ1) is 15.6. The smallest absolute Gasteiger partial charge is 0.291 e. The van der Waals surface area contributed by atoms with Crippen LogP contribution in [-0.2, 0) is 0 Å². The third-order valence-electron chi connectivity index (χ3n) is 5.50. The summed E-state index contributed by atoms with van der Waals surface area (Å²) in [6.45, 7) is 0. The average Bonchev–Trinajstić information content (AvgIpc) is 2.64. The van der Waals surface area contributed by atoms with E-state index in [0.717, 1.165) is 25.7 Å². The number of hydrogen-bond acceptors (Lipinski definition) is 3. The number of nitrogens with zero attached hydrogens (tertiary/aromatic N) is 4. The largest absolute Gasteiger partial charge is 0.855 e. The molecule has 0 unspecified atom stereocenters. The second-order valence-electron chi connectivity index (χ2n) is 7.22. The van der Waals surface area contributed by atoms with E-state index in [9.17, 15) is 5.11 Å². The third kappa shape index (κ3) is 3.04. The fourth-order valence-corrected chi connectivity index (χ4v) is 4.18. The van der Waals surface area contributed by atoms with Gasteiger partial charge in [0.2, 0.25) is 11.7 Å². The third-order valence-corrected chi connectivity index (χ3v) is 5.50. The maximum absolute atomic E-state index is 13.1. The molecule has 0 spiro atoms. The van der Waals surface area contributed by atoms with Crippen molar-refractivity contribution in [3.8, 4) is 5.88 Å². The van der Waals surface area contributed by atoms with Crippen molar-refractivity contribution < 1.29 is 9.62 Å². The molecule has 0 aliphatic heterocycles. The monoisotopic (exact) mass is 326 g/mol. The normalized spacial score (nSPS) is 21.4. The zero-order valence-electron chi connectivity index (χ0n) is 14.2. The molecule has 2 aromatic heterocycles. The Morgan fingerprint density at radius 3 is 2.46 bits per heavy atom. The molecule has 0 atom stereocenters. The van der Waals surface area contributed by atoms with Crippen molar-refractivity contribution in [2.45, 2.75) is 76.3 Å². The van der Waals surface area contributed by atoms with Crippen molar-refractivity contribution in [2.75, 3.05) is 0 Å². The molecule has 2 aliphatic carbocycles. The molecule has 2 saturated carbocycles. The van der Waals surface area contributed by atoms with Crippen molar-refractivity contribution >= 4 is 5.52 Å². The molecule has 128 valence electrons. The lowest BCUT2D eigenvalue weighted by molar-refractivity contribution is -0.587. The van der Waals surface area contributed by atoms with Crippen LogP contribution in [0, 0.1) is 0 Å². The summed E-state index contributed by atoms with van der Waals surface area (Å²) in [5.74, 6) is 0.0621. The van der Waals surface area contributed by atoms with Crippen LogP contribution in [-0.4, -0.2) is 15.7 Å². The van der Waals surface area contributed by atoms with Crippen molar-refractivity contribution in [3.05, 3.63) is 30.0 Å². The molecule has 0 N–H and O–H groups in total. The molecule has 0 radical (unpaired) electrons. The fourth-order valence-electron chi connectivity index (χ4n) is 4.18. The van der Waals surface area contributed by atoms with E-state index in [4.69, 9.17) is 10.1 Å². The van der Waals surface area contributed by atoms with Crippen LogP contribution in [0.15, 0.2) is 29.4 Å². The molecule has 0 amide bonds. The summed E-state index contributed by atoms with van der Waals surface area (Å²) < 4.78 is 3.60. The Balaban J connectivity index is 1.86. The van der Waals surface area contributed by atoms with Crippen LogP contribution >= 0.6 is 0 Å². The highest BCUT2D eigenvalue weighted by atomic mass is 16.3. The summed E-state index contributed by atoms with van der Waals surface area (Å²) >= 11 is 0. The highest BCUT2D eigenvalue weighted by Crippen LogP contribution is 2.29. The van der Waals surface area contributed by atoms with Gasteiger partial charge >= 0.3 is 0 Å². The van der Waals surface area contributed by atoms with Crippen LogP contribution in [0.3, 0.4) is 0 Å². The minimum absolute atomic E-state index is 0.0621. The van der Waals surface area contributed by atoms with E-state index in [0.29, 0.717) is 17.2 Å². The molecule has 5 heteroatoms. The quantitative estimate of drug-likeness (QED) is 0.796. The molecule has 2 fully saturated rings. The molecule has 24 heavy (non-hydrogen) atoms. The van der Waals surface area contributed by atoms with Crippen LogP contribution in [0.5, 0.6) is 5.88 Å². The van der Waals surface area contributed by atoms with Gasteiger partial charge in [-0.15, -0.1) is 0 Å². The first-order valence-electron chi connectivity index (χ1n) is 9.47. The lowest BCUT2D eigenvalue weighted by atomic mass is 9.95. The van der Waals surface area contributed by atoms with Crippen molar-refractivity contribution in [1.29, 1.82) is 0 Å². The van der Waals surface area contributed by atoms with Gasteiger partial charge in [0.05, 0.1) is 6.04 Å². The maximum Gasteiger partial charge on any atom is 0.291 e. The Labute approximate surface area is 142 Å². The van der Waals surface area contributed by atoms with Crippen molar-refractivity contribution in [3.63, 3.8) is 0 Å². The maximum atomic E-state index is 13.1. The van der Waals surface area contributed by atoms with Gasteiger partial charge in [-0.3, -0.25) is 0 Å². The highest BCUT2D eigenvalue weighted by molar-refractivity contribution is 5.47. The topological polar surface area (TPSA) is 57.3 Å². The molecule has 0 bridgehead atoms. The summed E-state index contributed by atoms with van der Waals surface area (Å²) in [5, 5.41) is 17.9. The van der Waals surface area contributed by atoms with Crippen LogP contribution < -0.4 is 15.2 Å². The summed E-state index contributed by atoms with van der Waals surface area (Å²) in [5.41, 5.74) is 1.29. The average molecular weight is 326 g/mol. The van der Waals surface area contributed by atoms with E-state index < -0.39 is 0 Å². The van der Waals surface area contributed by atoms with E-state index >= 15 is 0 Å². The van der Waals surface area contributed by atoms with Gasteiger partial charge in [-0.2, -0.15) is 0 Å². The Morgan fingerprint density at radius 1 is 1.00 bits per heavy atom. The van der Waals surface area contributed by atoms with Crippen molar-refractivity contribution in [2.24, 2.45) is 4.99 Å². The Morgan fingerprint density at radius 2 is 1.71 bits per heavy atom. The SMILES string of the molecule is [O-]c1c2cccc[n+]2nc(=NC2CCCCC2)n1C1CCCCC1. The fraction of sp³-hybridized carbons (Fsp3) is 0.632. The van der Waals surface area contributed by atoms with Gasteiger partial charge in [0, 0.05) is 29.2 Å². The van der Waals surface area contributed by atoms with Gasteiger partial charge in [-0.05, 0) is 36.3 Å². The van der Waals surface area contributed by atoms with E-state index in [1.807, 2.05) is 29.0 Å². The Hall–Kier alpha value is -1.91. The van der Waals surface area contributed by atoms with Crippen LogP contribution in [0.25, 0.3) is 5.52 Å². The van der Waals surface area contributed by atoms with Gasteiger partial charge in [0.1, 0.15) is 0 Å². The molecular formula is C19H26N4O. The van der Waals surface area contributed by atoms with Crippen LogP contribution in [0.1, 0.15) is 70.3 Å². The van der Waals surface area contributed by atoms with Gasteiger partial charge in [-0.1, -0.05) is 38.5 Å². The molecule has 0 aromatic carbocycles. The zero-order chi connectivity index (χ0) is 16.4. The van der Waals surface area contributed by atoms with E-state index in [1.54, 1.807) is 4.52 Å². The second-order valence-corrected chi connectivity index (χ2v) is 7.22. The summed E-state index contributed by atoms with van der Waals surface area (Å²) in [6.07, 6.45) is 13.7. The number of fused-ring (bicyclic) bond motifs is 1. The standard InChI is InChI=1S/C19H26N4O/c24-18-17-13-7-8-14-22(17)21-19(20-15-9-3-1-4-10-15)23(18)16-11-5-2-6-12-16/h7-8,13-16H,1-6,9-12H2. The molecule has 4 rings (SSSR count). The molecule has 0 saturated heterocycles. The van der Waals surface area contributed by atoms with Gasteiger partial charge in [0.25, 0.3) is 5.62 Å². The van der Waals surface area contributed by atoms with E-state index in [1.165, 1.54) is 38.5 Å².